The average Bonchev–Trinajstić information content (AvgIpc) is 2.59. The van der Waals surface area contributed by atoms with Gasteiger partial charge in [-0.2, -0.15) is 0 Å². The van der Waals surface area contributed by atoms with E-state index in [0.717, 1.165) is 10.2 Å². The molecular weight excluding hydrogens is 242 g/mol. The zero-order valence-corrected chi connectivity index (χ0v) is 10.2. The van der Waals surface area contributed by atoms with Crippen LogP contribution in [0.25, 0.3) is 10.2 Å². The average molecular weight is 251 g/mol. The lowest BCUT2D eigenvalue weighted by atomic mass is 10.3. The number of carbonyl (C=O) groups is 1. The number of aromatic nitrogens is 1. The second kappa shape index (κ2) is 4.19. The van der Waals surface area contributed by atoms with Crippen LogP contribution >= 0.6 is 23.6 Å². The summed E-state index contributed by atoms with van der Waals surface area (Å²) in [5, 5.41) is 0. The van der Waals surface area contributed by atoms with E-state index in [4.69, 9.17) is 17.0 Å². The van der Waals surface area contributed by atoms with Gasteiger partial charge in [0.05, 0.1) is 4.70 Å². The molecule has 82 valence electrons. The summed E-state index contributed by atoms with van der Waals surface area (Å²) < 4.78 is 6.82. The van der Waals surface area contributed by atoms with E-state index in [-0.39, 0.29) is 0 Å². The van der Waals surface area contributed by atoms with E-state index in [2.05, 4.69) is 11.6 Å². The van der Waals surface area contributed by atoms with E-state index >= 15 is 0 Å². The first kappa shape index (κ1) is 11.0. The van der Waals surface area contributed by atoms with Crippen molar-refractivity contribution in [2.24, 2.45) is 0 Å². The Kier molecular flexibility index (Phi) is 2.89. The molecule has 0 atom stereocenters. The van der Waals surface area contributed by atoms with Crippen molar-refractivity contribution in [3.05, 3.63) is 34.3 Å². The normalized spacial score (nSPS) is 10.3. The molecule has 0 aliphatic heterocycles. The lowest BCUT2D eigenvalue weighted by Crippen LogP contribution is -2.08. The molecule has 0 saturated carbocycles. The predicted octanol–water partition coefficient (Wildman–Crippen LogP) is 3.44. The smallest absolute Gasteiger partial charge is 0.338 e. The third kappa shape index (κ3) is 2.05. The molecule has 5 heteroatoms. The SMILES string of the molecule is C=C(C)C(=O)Oc1cccc2sc(=S)[nH]c12. The topological polar surface area (TPSA) is 42.1 Å². The Morgan fingerprint density at radius 1 is 1.56 bits per heavy atom. The molecule has 0 saturated heterocycles. The molecule has 1 aromatic heterocycles. The molecule has 0 amide bonds. The van der Waals surface area contributed by atoms with Crippen LogP contribution in [0.1, 0.15) is 6.92 Å². The molecule has 0 aliphatic carbocycles. The minimum atomic E-state index is -0.432. The zero-order chi connectivity index (χ0) is 11.7. The largest absolute Gasteiger partial charge is 0.421 e. The highest BCUT2D eigenvalue weighted by atomic mass is 32.1. The van der Waals surface area contributed by atoms with Gasteiger partial charge in [-0.05, 0) is 31.3 Å². The van der Waals surface area contributed by atoms with E-state index in [9.17, 15) is 4.79 Å². The highest BCUT2D eigenvalue weighted by Gasteiger charge is 2.09. The Hall–Kier alpha value is -1.46. The molecule has 1 N–H and O–H groups in total. The molecule has 0 unspecified atom stereocenters. The molecule has 0 bridgehead atoms. The van der Waals surface area contributed by atoms with Gasteiger partial charge in [0.1, 0.15) is 5.52 Å². The minimum absolute atomic E-state index is 0.367. The number of carbonyl (C=O) groups excluding carboxylic acids is 1. The van der Waals surface area contributed by atoms with Gasteiger partial charge < -0.3 is 9.72 Å². The lowest BCUT2D eigenvalue weighted by molar-refractivity contribution is -0.129. The van der Waals surface area contributed by atoms with Crippen LogP contribution in [0.3, 0.4) is 0 Å². The zero-order valence-electron chi connectivity index (χ0n) is 8.57. The van der Waals surface area contributed by atoms with E-state index < -0.39 is 5.97 Å². The van der Waals surface area contributed by atoms with E-state index in [1.807, 2.05) is 12.1 Å². The second-order valence-electron chi connectivity index (χ2n) is 3.31. The third-order valence-corrected chi connectivity index (χ3v) is 3.17. The number of hydrogen-bond donors (Lipinski definition) is 1. The van der Waals surface area contributed by atoms with Crippen LogP contribution in [0.5, 0.6) is 5.75 Å². The molecule has 16 heavy (non-hydrogen) atoms. The summed E-state index contributed by atoms with van der Waals surface area (Å²) in [6, 6.07) is 5.47. The maximum atomic E-state index is 11.4. The van der Waals surface area contributed by atoms with Gasteiger partial charge in [0.15, 0.2) is 9.70 Å². The summed E-state index contributed by atoms with van der Waals surface area (Å²) in [4.78, 5) is 14.4. The van der Waals surface area contributed by atoms with Crippen molar-refractivity contribution in [2.75, 3.05) is 0 Å². The minimum Gasteiger partial charge on any atom is -0.421 e. The number of esters is 1. The first-order valence-corrected chi connectivity index (χ1v) is 5.80. The van der Waals surface area contributed by atoms with Crippen molar-refractivity contribution >= 4 is 39.7 Å². The van der Waals surface area contributed by atoms with Crippen molar-refractivity contribution in [1.82, 2.24) is 4.98 Å². The van der Waals surface area contributed by atoms with Crippen LogP contribution in [0.4, 0.5) is 0 Å². The van der Waals surface area contributed by atoms with E-state index in [0.29, 0.717) is 15.3 Å². The number of rotatable bonds is 2. The van der Waals surface area contributed by atoms with Crippen LogP contribution < -0.4 is 4.74 Å². The molecule has 1 heterocycles. The van der Waals surface area contributed by atoms with Crippen molar-refractivity contribution in [1.29, 1.82) is 0 Å². The lowest BCUT2D eigenvalue weighted by Gasteiger charge is -2.04. The van der Waals surface area contributed by atoms with Crippen molar-refractivity contribution < 1.29 is 9.53 Å². The fourth-order valence-electron chi connectivity index (χ4n) is 1.22. The Morgan fingerprint density at radius 3 is 3.00 bits per heavy atom. The standard InChI is InChI=1S/C11H9NO2S2/c1-6(2)10(13)14-7-4-3-5-8-9(7)12-11(15)16-8/h3-5H,1H2,2H3,(H,12,15). The van der Waals surface area contributed by atoms with Crippen LogP contribution in [-0.4, -0.2) is 11.0 Å². The Balaban J connectivity index is 2.48. The van der Waals surface area contributed by atoms with Crippen LogP contribution in [0.2, 0.25) is 0 Å². The van der Waals surface area contributed by atoms with E-state index in [1.54, 1.807) is 13.0 Å². The summed E-state index contributed by atoms with van der Waals surface area (Å²) in [7, 11) is 0. The highest BCUT2D eigenvalue weighted by Crippen LogP contribution is 2.28. The number of nitrogens with one attached hydrogen (secondary N) is 1. The predicted molar refractivity (Wildman–Crippen MR) is 67.5 cm³/mol. The highest BCUT2D eigenvalue weighted by molar-refractivity contribution is 7.73. The van der Waals surface area contributed by atoms with Crippen molar-refractivity contribution in [3.8, 4) is 5.75 Å². The van der Waals surface area contributed by atoms with Gasteiger partial charge in [-0.15, -0.1) is 11.3 Å². The number of hydrogen-bond acceptors (Lipinski definition) is 4. The molecule has 3 nitrogen and oxygen atoms in total. The molecule has 2 aromatic rings. The molecule has 1 aromatic carbocycles. The summed E-state index contributed by atoms with van der Waals surface area (Å²) in [6.07, 6.45) is 0. The Labute approximate surface area is 101 Å². The summed E-state index contributed by atoms with van der Waals surface area (Å²) >= 11 is 6.49. The van der Waals surface area contributed by atoms with Gasteiger partial charge in [0.25, 0.3) is 0 Å². The molecule has 0 radical (unpaired) electrons. The molecule has 0 aliphatic rings. The van der Waals surface area contributed by atoms with Gasteiger partial charge in [-0.3, -0.25) is 0 Å². The number of fused-ring (bicyclic) bond motifs is 1. The second-order valence-corrected chi connectivity index (χ2v) is 5.03. The van der Waals surface area contributed by atoms with Gasteiger partial charge in [-0.1, -0.05) is 12.6 Å². The summed E-state index contributed by atoms with van der Waals surface area (Å²) in [6.45, 7) is 5.14. The molecular formula is C11H9NO2S2. The number of H-pyrrole nitrogens is 1. The van der Waals surface area contributed by atoms with Gasteiger partial charge in [0, 0.05) is 5.57 Å². The Bertz CT molecular complexity index is 624. The van der Waals surface area contributed by atoms with Gasteiger partial charge in [-0.25, -0.2) is 4.79 Å². The number of benzene rings is 1. The van der Waals surface area contributed by atoms with E-state index in [1.165, 1.54) is 11.3 Å². The fourth-order valence-corrected chi connectivity index (χ4v) is 2.34. The first-order chi connectivity index (χ1) is 7.58. The molecule has 0 spiro atoms. The number of ether oxygens (including phenoxy) is 1. The Morgan fingerprint density at radius 2 is 2.31 bits per heavy atom. The van der Waals surface area contributed by atoms with Gasteiger partial charge >= 0.3 is 5.97 Å². The van der Waals surface area contributed by atoms with Crippen molar-refractivity contribution in [2.45, 2.75) is 6.92 Å². The van der Waals surface area contributed by atoms with Gasteiger partial charge in [0.2, 0.25) is 0 Å². The van der Waals surface area contributed by atoms with Crippen LogP contribution in [0.15, 0.2) is 30.4 Å². The summed E-state index contributed by atoms with van der Waals surface area (Å²) in [5.74, 6) is 0.0517. The number of para-hydroxylation sites is 1. The third-order valence-electron chi connectivity index (χ3n) is 1.97. The maximum Gasteiger partial charge on any atom is 0.338 e. The van der Waals surface area contributed by atoms with Crippen LogP contribution in [0, 0.1) is 3.95 Å². The maximum absolute atomic E-state index is 11.4. The summed E-state index contributed by atoms with van der Waals surface area (Å²) in [5.41, 5.74) is 1.12. The number of aromatic amines is 1. The molecule has 2 rings (SSSR count). The quantitative estimate of drug-likeness (QED) is 0.385. The fraction of sp³-hybridized carbons (Fsp3) is 0.0909. The van der Waals surface area contributed by atoms with Crippen molar-refractivity contribution in [3.63, 3.8) is 0 Å². The first-order valence-electron chi connectivity index (χ1n) is 4.57. The molecule has 0 fully saturated rings. The monoisotopic (exact) mass is 251 g/mol. The number of thiazole rings is 1. The van der Waals surface area contributed by atoms with Crippen LogP contribution in [-0.2, 0) is 4.79 Å².